The maximum absolute atomic E-state index is 11.7. The van der Waals surface area contributed by atoms with Gasteiger partial charge in [-0.05, 0) is 64.2 Å². The van der Waals surface area contributed by atoms with E-state index >= 15 is 0 Å². The Morgan fingerprint density at radius 2 is 1.70 bits per heavy atom. The second kappa shape index (κ2) is 7.15. The van der Waals surface area contributed by atoms with Gasteiger partial charge in [-0.25, -0.2) is 4.79 Å². The summed E-state index contributed by atoms with van der Waals surface area (Å²) in [6.07, 6.45) is 5.54. The number of alkyl carbamates (subject to hydrolysis) is 1. The fourth-order valence-corrected chi connectivity index (χ4v) is 3.05. The average Bonchev–Trinajstić information content (AvgIpc) is 2.29. The molecule has 1 aliphatic carbocycles. The summed E-state index contributed by atoms with van der Waals surface area (Å²) < 4.78 is 5.31. The minimum Gasteiger partial charge on any atom is -0.444 e. The van der Waals surface area contributed by atoms with Crippen LogP contribution < -0.4 is 5.32 Å². The number of carbonyl (C=O) groups is 1. The van der Waals surface area contributed by atoms with Crippen LogP contribution in [0.2, 0.25) is 0 Å². The molecule has 1 aliphatic rings. The fraction of sp³-hybridized carbons (Fsp3) is 0.938. The SMILES string of the molecule is CC(C)(CBr)CC1CCC(NC(=O)OC(C)(C)C)CC1. The molecule has 118 valence electrons. The third-order valence-electron chi connectivity index (χ3n) is 3.77. The van der Waals surface area contributed by atoms with Gasteiger partial charge < -0.3 is 10.1 Å². The Hall–Kier alpha value is -0.250. The van der Waals surface area contributed by atoms with Crippen LogP contribution in [0, 0.1) is 11.3 Å². The van der Waals surface area contributed by atoms with Gasteiger partial charge in [0.25, 0.3) is 0 Å². The Labute approximate surface area is 132 Å². The highest BCUT2D eigenvalue weighted by Gasteiger charge is 2.28. The molecule has 0 aromatic carbocycles. The molecular formula is C16H30BrNO2. The molecule has 1 fully saturated rings. The van der Waals surface area contributed by atoms with E-state index < -0.39 is 5.60 Å². The van der Waals surface area contributed by atoms with Crippen LogP contribution in [0.15, 0.2) is 0 Å². The molecule has 3 nitrogen and oxygen atoms in total. The first-order valence-electron chi connectivity index (χ1n) is 7.67. The summed E-state index contributed by atoms with van der Waals surface area (Å²) in [5.74, 6) is 0.791. The maximum atomic E-state index is 11.7. The number of nitrogens with one attached hydrogen (secondary N) is 1. The Kier molecular flexibility index (Phi) is 6.36. The number of alkyl halides is 1. The summed E-state index contributed by atoms with van der Waals surface area (Å²) in [6.45, 7) is 10.3. The summed E-state index contributed by atoms with van der Waals surface area (Å²) in [5.41, 5.74) is -0.0444. The van der Waals surface area contributed by atoms with Gasteiger partial charge in [-0.3, -0.25) is 0 Å². The first-order valence-corrected chi connectivity index (χ1v) is 8.79. The van der Waals surface area contributed by atoms with Gasteiger partial charge in [-0.1, -0.05) is 29.8 Å². The van der Waals surface area contributed by atoms with Crippen molar-refractivity contribution in [1.29, 1.82) is 0 Å². The largest absolute Gasteiger partial charge is 0.444 e. The number of halogens is 1. The second-order valence-corrected chi connectivity index (χ2v) is 8.43. The first-order chi connectivity index (χ1) is 9.11. The van der Waals surface area contributed by atoms with E-state index in [4.69, 9.17) is 4.74 Å². The molecule has 0 aromatic rings. The van der Waals surface area contributed by atoms with Crippen molar-refractivity contribution < 1.29 is 9.53 Å². The van der Waals surface area contributed by atoms with E-state index in [1.165, 1.54) is 19.3 Å². The van der Waals surface area contributed by atoms with Crippen molar-refractivity contribution in [3.05, 3.63) is 0 Å². The number of carbonyl (C=O) groups excluding carboxylic acids is 1. The maximum Gasteiger partial charge on any atom is 0.407 e. The minimum absolute atomic E-state index is 0.276. The number of ether oxygens (including phenoxy) is 1. The Morgan fingerprint density at radius 3 is 2.15 bits per heavy atom. The second-order valence-electron chi connectivity index (χ2n) is 7.87. The molecule has 0 unspecified atom stereocenters. The lowest BCUT2D eigenvalue weighted by atomic mass is 9.76. The van der Waals surface area contributed by atoms with Gasteiger partial charge in [0, 0.05) is 11.4 Å². The summed E-state index contributed by atoms with van der Waals surface area (Å²) >= 11 is 3.60. The van der Waals surface area contributed by atoms with Gasteiger partial charge in [0.15, 0.2) is 0 Å². The van der Waals surface area contributed by atoms with Crippen molar-refractivity contribution in [3.8, 4) is 0 Å². The standard InChI is InChI=1S/C16H30BrNO2/c1-15(2,3)20-14(19)18-13-8-6-12(7-9-13)10-16(4,5)11-17/h12-13H,6-11H2,1-5H3,(H,18,19). The quantitative estimate of drug-likeness (QED) is 0.735. The fourth-order valence-electron chi connectivity index (χ4n) is 2.82. The van der Waals surface area contributed by atoms with Crippen molar-refractivity contribution in [2.24, 2.45) is 11.3 Å². The normalized spacial score (nSPS) is 24.3. The zero-order chi connectivity index (χ0) is 15.4. The average molecular weight is 348 g/mol. The topological polar surface area (TPSA) is 38.3 Å². The molecule has 0 aromatic heterocycles. The van der Waals surface area contributed by atoms with Crippen LogP contribution in [0.5, 0.6) is 0 Å². The Balaban J connectivity index is 2.30. The van der Waals surface area contributed by atoms with Crippen LogP contribution in [0.3, 0.4) is 0 Å². The van der Waals surface area contributed by atoms with Crippen LogP contribution in [-0.2, 0) is 4.74 Å². The van der Waals surface area contributed by atoms with Crippen LogP contribution in [0.1, 0.15) is 66.7 Å². The zero-order valence-corrected chi connectivity index (χ0v) is 15.2. The number of rotatable bonds is 4. The van der Waals surface area contributed by atoms with Gasteiger partial charge in [-0.2, -0.15) is 0 Å². The third-order valence-corrected chi connectivity index (χ3v) is 5.29. The van der Waals surface area contributed by atoms with E-state index in [1.54, 1.807) is 0 Å². The molecule has 0 saturated heterocycles. The van der Waals surface area contributed by atoms with Crippen LogP contribution in [0.25, 0.3) is 0 Å². The van der Waals surface area contributed by atoms with Crippen LogP contribution in [-0.4, -0.2) is 23.1 Å². The molecule has 0 heterocycles. The van der Waals surface area contributed by atoms with Crippen molar-refractivity contribution in [1.82, 2.24) is 5.32 Å². The predicted octanol–water partition coefficient (Wildman–Crippen LogP) is 4.88. The van der Waals surface area contributed by atoms with Crippen molar-refractivity contribution in [2.45, 2.75) is 78.4 Å². The van der Waals surface area contributed by atoms with Crippen molar-refractivity contribution in [2.75, 3.05) is 5.33 Å². The first kappa shape index (κ1) is 17.8. The van der Waals surface area contributed by atoms with Gasteiger partial charge in [0.05, 0.1) is 0 Å². The van der Waals surface area contributed by atoms with Crippen molar-refractivity contribution in [3.63, 3.8) is 0 Å². The molecule has 1 amide bonds. The van der Waals surface area contributed by atoms with E-state index in [0.717, 1.165) is 24.1 Å². The van der Waals surface area contributed by atoms with E-state index in [2.05, 4.69) is 35.1 Å². The van der Waals surface area contributed by atoms with Gasteiger partial charge in [0.1, 0.15) is 5.60 Å². The lowest BCUT2D eigenvalue weighted by molar-refractivity contribution is 0.0484. The molecule has 0 radical (unpaired) electrons. The molecule has 1 rings (SSSR count). The molecule has 20 heavy (non-hydrogen) atoms. The molecule has 1 N–H and O–H groups in total. The van der Waals surface area contributed by atoms with E-state index in [9.17, 15) is 4.79 Å². The lowest BCUT2D eigenvalue weighted by Gasteiger charge is -2.34. The van der Waals surface area contributed by atoms with E-state index in [0.29, 0.717) is 5.41 Å². The number of amides is 1. The summed E-state index contributed by atoms with van der Waals surface area (Å²) in [6, 6.07) is 0.285. The molecule has 0 atom stereocenters. The smallest absolute Gasteiger partial charge is 0.407 e. The highest BCUT2D eigenvalue weighted by molar-refractivity contribution is 9.09. The molecule has 0 aliphatic heterocycles. The summed E-state index contributed by atoms with van der Waals surface area (Å²) in [5, 5.41) is 4.05. The third kappa shape index (κ3) is 6.96. The molecular weight excluding hydrogens is 318 g/mol. The van der Waals surface area contributed by atoms with E-state index in [1.807, 2.05) is 20.8 Å². The van der Waals surface area contributed by atoms with Gasteiger partial charge >= 0.3 is 6.09 Å². The van der Waals surface area contributed by atoms with Crippen LogP contribution >= 0.6 is 15.9 Å². The summed E-state index contributed by atoms with van der Waals surface area (Å²) in [7, 11) is 0. The Morgan fingerprint density at radius 1 is 1.15 bits per heavy atom. The highest BCUT2D eigenvalue weighted by atomic mass is 79.9. The number of hydrogen-bond donors (Lipinski definition) is 1. The minimum atomic E-state index is -0.415. The van der Waals surface area contributed by atoms with E-state index in [-0.39, 0.29) is 12.1 Å². The lowest BCUT2D eigenvalue weighted by Crippen LogP contribution is -2.41. The molecule has 1 saturated carbocycles. The zero-order valence-electron chi connectivity index (χ0n) is 13.6. The summed E-state index contributed by atoms with van der Waals surface area (Å²) in [4.78, 5) is 11.7. The monoisotopic (exact) mass is 347 g/mol. The molecule has 4 heteroatoms. The van der Waals surface area contributed by atoms with Crippen molar-refractivity contribution >= 4 is 22.0 Å². The van der Waals surface area contributed by atoms with Gasteiger partial charge in [0.2, 0.25) is 0 Å². The predicted molar refractivity (Wildman–Crippen MR) is 87.3 cm³/mol. The van der Waals surface area contributed by atoms with Crippen LogP contribution in [0.4, 0.5) is 4.79 Å². The molecule has 0 spiro atoms. The number of hydrogen-bond acceptors (Lipinski definition) is 2. The van der Waals surface area contributed by atoms with Gasteiger partial charge in [-0.15, -0.1) is 0 Å². The molecule has 0 bridgehead atoms. The Bertz CT molecular complexity index is 315. The highest BCUT2D eigenvalue weighted by Crippen LogP contribution is 2.35.